The van der Waals surface area contributed by atoms with Crippen LogP contribution in [0.4, 0.5) is 0 Å². The van der Waals surface area contributed by atoms with E-state index in [0.29, 0.717) is 12.8 Å². The third kappa shape index (κ3) is 41.9. The highest BCUT2D eigenvalue weighted by atomic mass is 31.2. The van der Waals surface area contributed by atoms with Gasteiger partial charge in [0.05, 0.1) is 13.2 Å². The topological polar surface area (TPSA) is 172 Å². The molecule has 0 saturated heterocycles. The smallest absolute Gasteiger partial charge is 0.472 e. The number of esters is 2. The van der Waals surface area contributed by atoms with Gasteiger partial charge in [-0.1, -0.05) is 184 Å². The van der Waals surface area contributed by atoms with E-state index in [1.165, 1.54) is 103 Å². The Bertz CT molecular complexity index is 1250. The highest BCUT2D eigenvalue weighted by Gasteiger charge is 2.28. The van der Waals surface area contributed by atoms with Crippen LogP contribution in [0.1, 0.15) is 194 Å². The Morgan fingerprint density at radius 2 is 0.950 bits per heavy atom. The summed E-state index contributed by atoms with van der Waals surface area (Å²) in [6.07, 6.45) is 50.2. The van der Waals surface area contributed by atoms with Crippen LogP contribution >= 0.6 is 7.82 Å². The molecule has 0 aromatic carbocycles. The van der Waals surface area contributed by atoms with Gasteiger partial charge in [-0.3, -0.25) is 23.4 Å². The van der Waals surface area contributed by atoms with Crippen molar-refractivity contribution in [2.45, 2.75) is 206 Å². The Kier molecular flexibility index (Phi) is 40.8. The van der Waals surface area contributed by atoms with E-state index in [2.05, 4.69) is 42.7 Å². The summed E-state index contributed by atoms with van der Waals surface area (Å²) in [5.74, 6) is -2.44. The van der Waals surface area contributed by atoms with E-state index in [-0.39, 0.29) is 19.4 Å². The summed E-state index contributed by atoms with van der Waals surface area (Å²) >= 11 is 0. The Hall–Kier alpha value is -2.82. The lowest BCUT2D eigenvalue weighted by Gasteiger charge is -2.20. The Balaban J connectivity index is 4.27. The second kappa shape index (κ2) is 42.9. The number of phosphoric ester groups is 1. The Labute approximate surface area is 364 Å². The number of allylic oxidation sites excluding steroid dienone is 10. The van der Waals surface area contributed by atoms with E-state index in [0.717, 1.165) is 51.4 Å². The molecular formula is C48H84NO10P. The van der Waals surface area contributed by atoms with Crippen molar-refractivity contribution in [1.82, 2.24) is 0 Å². The maximum Gasteiger partial charge on any atom is 0.472 e. The van der Waals surface area contributed by atoms with Crippen LogP contribution in [0.2, 0.25) is 0 Å². The van der Waals surface area contributed by atoms with Crippen molar-refractivity contribution in [1.29, 1.82) is 0 Å². The summed E-state index contributed by atoms with van der Waals surface area (Å²) in [6, 6.07) is -1.53. The van der Waals surface area contributed by atoms with E-state index in [1.807, 2.05) is 36.5 Å². The van der Waals surface area contributed by atoms with Crippen LogP contribution in [0.5, 0.6) is 0 Å². The molecule has 0 amide bonds. The molecule has 4 N–H and O–H groups in total. The number of hydrogen-bond donors (Lipinski definition) is 3. The van der Waals surface area contributed by atoms with Crippen LogP contribution in [0.3, 0.4) is 0 Å². The molecule has 60 heavy (non-hydrogen) atoms. The van der Waals surface area contributed by atoms with Gasteiger partial charge < -0.3 is 25.2 Å². The third-order valence-corrected chi connectivity index (χ3v) is 10.8. The first-order chi connectivity index (χ1) is 29.1. The molecular weight excluding hydrogens is 781 g/mol. The highest BCUT2D eigenvalue weighted by Crippen LogP contribution is 2.43. The summed E-state index contributed by atoms with van der Waals surface area (Å²) in [6.45, 7) is 2.62. The summed E-state index contributed by atoms with van der Waals surface area (Å²) < 4.78 is 32.7. The number of hydrogen-bond acceptors (Lipinski definition) is 9. The van der Waals surface area contributed by atoms with Gasteiger partial charge in [0.15, 0.2) is 6.10 Å². The van der Waals surface area contributed by atoms with Crippen LogP contribution in [0.15, 0.2) is 60.8 Å². The molecule has 12 heteroatoms. The van der Waals surface area contributed by atoms with Gasteiger partial charge >= 0.3 is 25.7 Å². The maximum atomic E-state index is 12.6. The van der Waals surface area contributed by atoms with Crippen molar-refractivity contribution in [2.24, 2.45) is 5.73 Å². The largest absolute Gasteiger partial charge is 0.480 e. The highest BCUT2D eigenvalue weighted by molar-refractivity contribution is 7.47. The molecule has 2 unspecified atom stereocenters. The fourth-order valence-corrected chi connectivity index (χ4v) is 6.97. The fraction of sp³-hybridized carbons (Fsp3) is 0.729. The predicted molar refractivity (Wildman–Crippen MR) is 245 cm³/mol. The number of carbonyl (C=O) groups is 3. The van der Waals surface area contributed by atoms with E-state index in [4.69, 9.17) is 24.8 Å². The van der Waals surface area contributed by atoms with Crippen molar-refractivity contribution < 1.29 is 47.5 Å². The molecule has 0 radical (unpaired) electrons. The zero-order valence-corrected chi connectivity index (χ0v) is 38.4. The normalized spacial score (nSPS) is 14.2. The molecule has 0 spiro atoms. The van der Waals surface area contributed by atoms with Gasteiger partial charge in [-0.25, -0.2) is 4.57 Å². The molecule has 0 aliphatic rings. The monoisotopic (exact) mass is 866 g/mol. The number of carboxylic acid groups (broad SMARTS) is 1. The molecule has 0 aliphatic heterocycles. The lowest BCUT2D eigenvalue weighted by atomic mass is 10.0. The van der Waals surface area contributed by atoms with Crippen LogP contribution in [-0.4, -0.2) is 59.9 Å². The third-order valence-electron chi connectivity index (χ3n) is 9.84. The van der Waals surface area contributed by atoms with Gasteiger partial charge in [0, 0.05) is 12.8 Å². The van der Waals surface area contributed by atoms with E-state index < -0.39 is 51.1 Å². The zero-order valence-electron chi connectivity index (χ0n) is 37.5. The van der Waals surface area contributed by atoms with Crippen LogP contribution < -0.4 is 5.73 Å². The minimum Gasteiger partial charge on any atom is -0.480 e. The van der Waals surface area contributed by atoms with Crippen molar-refractivity contribution in [2.75, 3.05) is 19.8 Å². The lowest BCUT2D eigenvalue weighted by molar-refractivity contribution is -0.161. The van der Waals surface area contributed by atoms with Crippen LogP contribution in [0, 0.1) is 0 Å². The number of nitrogens with two attached hydrogens (primary N) is 1. The Morgan fingerprint density at radius 1 is 0.533 bits per heavy atom. The molecule has 0 bridgehead atoms. The molecule has 0 heterocycles. The van der Waals surface area contributed by atoms with Gasteiger partial charge in [0.2, 0.25) is 0 Å². The average Bonchev–Trinajstić information content (AvgIpc) is 3.22. The number of aliphatic carboxylic acids is 1. The van der Waals surface area contributed by atoms with Gasteiger partial charge in [-0.05, 0) is 57.8 Å². The number of carboxylic acids is 1. The fourth-order valence-electron chi connectivity index (χ4n) is 6.19. The average molecular weight is 866 g/mol. The van der Waals surface area contributed by atoms with E-state index >= 15 is 0 Å². The molecule has 0 aliphatic carbocycles. The summed E-state index contributed by atoms with van der Waals surface area (Å²) in [5, 5.41) is 8.89. The summed E-state index contributed by atoms with van der Waals surface area (Å²) in [4.78, 5) is 46.0. The first-order valence-electron chi connectivity index (χ1n) is 23.4. The van der Waals surface area contributed by atoms with Crippen molar-refractivity contribution >= 4 is 25.7 Å². The standard InChI is InChI=1S/C48H84NO10P/c1-3-5-7-9-11-13-15-17-18-19-20-21-22-23-24-25-26-28-29-31-33-35-37-39-46(50)56-41-44(42-57-60(54,55)58-43-45(49)48(52)53)59-47(51)40-38-36-34-32-30-27-16-14-12-10-8-6-4-2/h6,8,10,12,14,16,23-24,27,30,44-45H,3-5,7,9,11,13,15,17-22,25-26,28-29,31-43,49H2,1-2H3,(H,52,53)(H,54,55)/b8-6+,12-10+,16-14+,24-23+,30-27+/t44?,45-/m0/s1. The van der Waals surface area contributed by atoms with Gasteiger partial charge in [0.25, 0.3) is 0 Å². The quantitative estimate of drug-likeness (QED) is 0.0175. The maximum absolute atomic E-state index is 12.6. The molecule has 0 aromatic rings. The predicted octanol–water partition coefficient (Wildman–Crippen LogP) is 12.7. The molecule has 3 atom stereocenters. The van der Waals surface area contributed by atoms with Crippen molar-refractivity contribution in [3.05, 3.63) is 60.8 Å². The lowest BCUT2D eigenvalue weighted by Crippen LogP contribution is -2.34. The Morgan fingerprint density at radius 3 is 1.47 bits per heavy atom. The number of rotatable bonds is 43. The second-order valence-electron chi connectivity index (χ2n) is 15.6. The van der Waals surface area contributed by atoms with Crippen LogP contribution in [0.25, 0.3) is 0 Å². The summed E-state index contributed by atoms with van der Waals surface area (Å²) in [7, 11) is -4.73. The van der Waals surface area contributed by atoms with Gasteiger partial charge in [0.1, 0.15) is 12.6 Å². The number of phosphoric acid groups is 1. The molecule has 346 valence electrons. The second-order valence-corrected chi connectivity index (χ2v) is 17.0. The number of unbranched alkanes of at least 4 members (excludes halogenated alkanes) is 22. The first-order valence-corrected chi connectivity index (χ1v) is 24.9. The first kappa shape index (κ1) is 57.2. The summed E-state index contributed by atoms with van der Waals surface area (Å²) in [5.41, 5.74) is 5.33. The van der Waals surface area contributed by atoms with Gasteiger partial charge in [-0.15, -0.1) is 0 Å². The molecule has 0 saturated carbocycles. The SMILES string of the molecule is CC/C=C/C=C/C=C/C=C/CCCCCC(=O)OC(COC(=O)CCCCCCCCC/C=C/CCCCCCCCCCCCCC)COP(=O)(O)OC[C@H](N)C(=O)O. The number of carbonyl (C=O) groups excluding carboxylic acids is 2. The molecule has 0 rings (SSSR count). The van der Waals surface area contributed by atoms with Crippen molar-refractivity contribution in [3.8, 4) is 0 Å². The molecule has 0 fully saturated rings. The van der Waals surface area contributed by atoms with E-state index in [9.17, 15) is 23.8 Å². The van der Waals surface area contributed by atoms with Crippen LogP contribution in [-0.2, 0) is 37.5 Å². The van der Waals surface area contributed by atoms with E-state index in [1.54, 1.807) is 0 Å². The zero-order chi connectivity index (χ0) is 44.2. The molecule has 0 aromatic heterocycles. The minimum absolute atomic E-state index is 0.112. The number of ether oxygens (including phenoxy) is 2. The van der Waals surface area contributed by atoms with Crippen molar-refractivity contribution in [3.63, 3.8) is 0 Å². The van der Waals surface area contributed by atoms with Gasteiger partial charge in [-0.2, -0.15) is 0 Å². The minimum atomic E-state index is -4.73. The molecule has 11 nitrogen and oxygen atoms in total.